The molecule has 0 rings (SSSR count). The summed E-state index contributed by atoms with van der Waals surface area (Å²) in [5, 5.41) is 8.56. The summed E-state index contributed by atoms with van der Waals surface area (Å²) in [6, 6.07) is 0. The molecule has 1 unspecified atom stereocenters. The summed E-state index contributed by atoms with van der Waals surface area (Å²) in [4.78, 5) is 10.4. The monoisotopic (exact) mass is 298 g/mol. The van der Waals surface area contributed by atoms with Gasteiger partial charge in [-0.1, -0.05) is 97.3 Å². The van der Waals surface area contributed by atoms with Crippen molar-refractivity contribution in [1.29, 1.82) is 0 Å². The third-order valence-corrected chi connectivity index (χ3v) is 4.39. The summed E-state index contributed by atoms with van der Waals surface area (Å²) in [7, 11) is 0. The van der Waals surface area contributed by atoms with E-state index in [4.69, 9.17) is 5.11 Å². The van der Waals surface area contributed by atoms with Gasteiger partial charge in [0.1, 0.15) is 0 Å². The van der Waals surface area contributed by atoms with Gasteiger partial charge in [0.05, 0.1) is 0 Å². The molecule has 126 valence electrons. The van der Waals surface area contributed by atoms with E-state index in [-0.39, 0.29) is 0 Å². The summed E-state index contributed by atoms with van der Waals surface area (Å²) < 4.78 is 0. The Balaban J connectivity index is 3.16. The van der Waals surface area contributed by atoms with E-state index in [9.17, 15) is 4.79 Å². The Morgan fingerprint density at radius 1 is 0.762 bits per heavy atom. The molecule has 0 aromatic heterocycles. The smallest absolute Gasteiger partial charge is 0.303 e. The average Bonchev–Trinajstić information content (AvgIpc) is 2.45. The third-order valence-electron chi connectivity index (χ3n) is 4.39. The minimum absolute atomic E-state index is 0.341. The van der Waals surface area contributed by atoms with Crippen LogP contribution in [0.25, 0.3) is 0 Å². The molecular formula is C19H38O2. The summed E-state index contributed by atoms with van der Waals surface area (Å²) in [6.07, 6.45) is 18.7. The lowest BCUT2D eigenvalue weighted by Gasteiger charge is -2.11. The van der Waals surface area contributed by atoms with Crippen LogP contribution in [0.4, 0.5) is 0 Å². The zero-order valence-corrected chi connectivity index (χ0v) is 14.5. The second-order valence-corrected chi connectivity index (χ2v) is 6.72. The third kappa shape index (κ3) is 17.4. The lowest BCUT2D eigenvalue weighted by Crippen LogP contribution is -1.96. The highest BCUT2D eigenvalue weighted by atomic mass is 16.4. The Hall–Kier alpha value is -0.530. The van der Waals surface area contributed by atoms with Gasteiger partial charge in [-0.2, -0.15) is 0 Å². The predicted octanol–water partition coefficient (Wildman–Crippen LogP) is 6.58. The second-order valence-electron chi connectivity index (χ2n) is 6.72. The lowest BCUT2D eigenvalue weighted by molar-refractivity contribution is -0.137. The van der Waals surface area contributed by atoms with Gasteiger partial charge in [-0.25, -0.2) is 0 Å². The first-order chi connectivity index (χ1) is 10.2. The molecule has 0 saturated carbocycles. The first kappa shape index (κ1) is 20.5. The maximum Gasteiger partial charge on any atom is 0.303 e. The van der Waals surface area contributed by atoms with E-state index < -0.39 is 5.97 Å². The van der Waals surface area contributed by atoms with Gasteiger partial charge in [0, 0.05) is 6.42 Å². The van der Waals surface area contributed by atoms with Gasteiger partial charge < -0.3 is 5.11 Å². The van der Waals surface area contributed by atoms with Crippen LogP contribution in [-0.2, 0) is 4.79 Å². The predicted molar refractivity (Wildman–Crippen MR) is 91.7 cm³/mol. The van der Waals surface area contributed by atoms with Gasteiger partial charge in [-0.3, -0.25) is 4.79 Å². The van der Waals surface area contributed by atoms with Crippen molar-refractivity contribution in [1.82, 2.24) is 0 Å². The van der Waals surface area contributed by atoms with Crippen molar-refractivity contribution < 1.29 is 9.90 Å². The van der Waals surface area contributed by atoms with Crippen LogP contribution in [0.1, 0.15) is 110 Å². The number of carbonyl (C=O) groups is 1. The molecule has 1 N–H and O–H groups in total. The molecule has 0 spiro atoms. The number of unbranched alkanes of at least 4 members (excludes halogenated alkanes) is 10. The van der Waals surface area contributed by atoms with Gasteiger partial charge >= 0.3 is 5.97 Å². The minimum Gasteiger partial charge on any atom is -0.481 e. The molecule has 0 heterocycles. The van der Waals surface area contributed by atoms with Gasteiger partial charge in [0.15, 0.2) is 0 Å². The average molecular weight is 299 g/mol. The van der Waals surface area contributed by atoms with Crippen molar-refractivity contribution in [2.24, 2.45) is 5.92 Å². The molecule has 0 saturated heterocycles. The normalized spacial score (nSPS) is 12.5. The Kier molecular flexibility index (Phi) is 15.5. The molecule has 0 radical (unpaired) electrons. The fraction of sp³-hybridized carbons (Fsp3) is 0.947. The first-order valence-corrected chi connectivity index (χ1v) is 9.38. The second kappa shape index (κ2) is 15.9. The molecule has 0 bridgehead atoms. The highest BCUT2D eigenvalue weighted by Crippen LogP contribution is 2.18. The van der Waals surface area contributed by atoms with Crippen LogP contribution in [0.2, 0.25) is 0 Å². The Bertz CT molecular complexity index is 226. The molecule has 0 fully saturated rings. The number of carboxylic acids is 1. The van der Waals surface area contributed by atoms with Crippen molar-refractivity contribution >= 4 is 5.97 Å². The van der Waals surface area contributed by atoms with Crippen LogP contribution in [0.15, 0.2) is 0 Å². The lowest BCUT2D eigenvalue weighted by atomic mass is 9.96. The molecule has 21 heavy (non-hydrogen) atoms. The molecule has 0 aromatic rings. The molecule has 0 aromatic carbocycles. The molecule has 0 aliphatic carbocycles. The highest BCUT2D eigenvalue weighted by molar-refractivity contribution is 5.66. The van der Waals surface area contributed by atoms with E-state index in [0.717, 1.165) is 18.8 Å². The number of carboxylic acid groups (broad SMARTS) is 1. The standard InChI is InChI=1S/C19H38O2/c1-3-4-5-6-7-8-9-12-15-18(2)16-13-10-11-14-17-19(20)21/h18H,3-17H2,1-2H3,(H,20,21). The largest absolute Gasteiger partial charge is 0.481 e. The molecule has 1 atom stereocenters. The van der Waals surface area contributed by atoms with E-state index in [2.05, 4.69) is 13.8 Å². The van der Waals surface area contributed by atoms with Crippen molar-refractivity contribution in [2.45, 2.75) is 110 Å². The zero-order chi connectivity index (χ0) is 15.8. The van der Waals surface area contributed by atoms with Gasteiger partial charge in [0.25, 0.3) is 0 Å². The quantitative estimate of drug-likeness (QED) is 0.327. The highest BCUT2D eigenvalue weighted by Gasteiger charge is 2.02. The van der Waals surface area contributed by atoms with E-state index in [1.807, 2.05) is 0 Å². The number of hydrogen-bond donors (Lipinski definition) is 1. The topological polar surface area (TPSA) is 37.3 Å². The van der Waals surface area contributed by atoms with E-state index in [1.54, 1.807) is 0 Å². The van der Waals surface area contributed by atoms with Crippen molar-refractivity contribution in [3.05, 3.63) is 0 Å². The fourth-order valence-corrected chi connectivity index (χ4v) is 2.89. The van der Waals surface area contributed by atoms with E-state index >= 15 is 0 Å². The molecule has 0 amide bonds. The minimum atomic E-state index is -0.655. The van der Waals surface area contributed by atoms with Crippen LogP contribution >= 0.6 is 0 Å². The van der Waals surface area contributed by atoms with Crippen molar-refractivity contribution in [3.8, 4) is 0 Å². The van der Waals surface area contributed by atoms with Gasteiger partial charge in [-0.05, 0) is 12.3 Å². The number of rotatable bonds is 16. The molecule has 0 aliphatic rings. The first-order valence-electron chi connectivity index (χ1n) is 9.38. The van der Waals surface area contributed by atoms with Gasteiger partial charge in [0.2, 0.25) is 0 Å². The van der Waals surface area contributed by atoms with Crippen molar-refractivity contribution in [3.63, 3.8) is 0 Å². The molecular weight excluding hydrogens is 260 g/mol. The molecule has 0 aliphatic heterocycles. The zero-order valence-electron chi connectivity index (χ0n) is 14.5. The number of aliphatic carboxylic acids is 1. The summed E-state index contributed by atoms with van der Waals surface area (Å²) in [5.74, 6) is 0.197. The Morgan fingerprint density at radius 3 is 1.67 bits per heavy atom. The fourth-order valence-electron chi connectivity index (χ4n) is 2.89. The van der Waals surface area contributed by atoms with Crippen molar-refractivity contribution in [2.75, 3.05) is 0 Å². The Labute approximate surface area is 132 Å². The van der Waals surface area contributed by atoms with Crippen LogP contribution in [0.5, 0.6) is 0 Å². The summed E-state index contributed by atoms with van der Waals surface area (Å²) >= 11 is 0. The van der Waals surface area contributed by atoms with Crippen LogP contribution in [0.3, 0.4) is 0 Å². The van der Waals surface area contributed by atoms with E-state index in [0.29, 0.717) is 6.42 Å². The maximum absolute atomic E-state index is 10.4. The van der Waals surface area contributed by atoms with Crippen LogP contribution < -0.4 is 0 Å². The van der Waals surface area contributed by atoms with Crippen LogP contribution in [-0.4, -0.2) is 11.1 Å². The maximum atomic E-state index is 10.4. The number of hydrogen-bond acceptors (Lipinski definition) is 1. The molecule has 2 nitrogen and oxygen atoms in total. The van der Waals surface area contributed by atoms with Gasteiger partial charge in [-0.15, -0.1) is 0 Å². The Morgan fingerprint density at radius 2 is 1.19 bits per heavy atom. The van der Waals surface area contributed by atoms with Crippen LogP contribution in [0, 0.1) is 5.92 Å². The summed E-state index contributed by atoms with van der Waals surface area (Å²) in [6.45, 7) is 4.64. The SMILES string of the molecule is CCCCCCCCCCC(C)CCCCCCC(=O)O. The molecule has 2 heteroatoms. The van der Waals surface area contributed by atoms with E-state index in [1.165, 1.54) is 77.0 Å². The summed E-state index contributed by atoms with van der Waals surface area (Å²) in [5.41, 5.74) is 0.